The summed E-state index contributed by atoms with van der Waals surface area (Å²) < 4.78 is 11.3. The number of nitrogens with one attached hydrogen (secondary N) is 1. The normalized spacial score (nSPS) is 33.7. The van der Waals surface area contributed by atoms with Crippen LogP contribution in [0, 0.1) is 0 Å². The molecule has 0 radical (unpaired) electrons. The molecule has 25 heavy (non-hydrogen) atoms. The molecule has 4 N–H and O–H groups in total. The fourth-order valence-electron chi connectivity index (χ4n) is 2.98. The highest BCUT2D eigenvalue weighted by molar-refractivity contribution is 7.44. The molecular weight excluding hydrogens is 347 g/mol. The molecule has 1 fully saturated rings. The van der Waals surface area contributed by atoms with E-state index in [-0.39, 0.29) is 17.9 Å². The van der Waals surface area contributed by atoms with Crippen LogP contribution in [-0.2, 0) is 14.1 Å². The van der Waals surface area contributed by atoms with Crippen molar-refractivity contribution in [2.75, 3.05) is 7.05 Å². The zero-order valence-electron chi connectivity index (χ0n) is 14.7. The molecule has 142 valence electrons. The van der Waals surface area contributed by atoms with Crippen LogP contribution >= 0.6 is 8.00 Å². The van der Waals surface area contributed by atoms with Crippen LogP contribution in [0.1, 0.15) is 26.7 Å². The van der Waals surface area contributed by atoms with Gasteiger partial charge >= 0.3 is 0 Å². The van der Waals surface area contributed by atoms with E-state index >= 15 is 0 Å². The molecule has 0 aromatic carbocycles. The van der Waals surface area contributed by atoms with Crippen molar-refractivity contribution in [3.63, 3.8) is 0 Å². The van der Waals surface area contributed by atoms with Crippen molar-refractivity contribution in [2.45, 2.75) is 56.7 Å². The minimum Gasteiger partial charge on any atom is -0.388 e. The third-order valence-corrected chi connectivity index (χ3v) is 5.49. The maximum absolute atomic E-state index is 12.4. The van der Waals surface area contributed by atoms with E-state index in [0.29, 0.717) is 12.2 Å². The standard InChI is InChI=1S/C16H27N2O6P/c1-6-16(3,24-25(5)22)7-11-12(19)13(20)14(23-11)10-8-17-9(2)18(4)15(10)21/h8,11-14,17,19-20,22,25H,2,5-7H2,1,3-4H3/t11-,12-,13-,14?,16?/m1/s1. The highest BCUT2D eigenvalue weighted by Gasteiger charge is 2.48. The van der Waals surface area contributed by atoms with Gasteiger partial charge in [-0.2, -0.15) is 0 Å². The van der Waals surface area contributed by atoms with Gasteiger partial charge in [0, 0.05) is 19.7 Å². The quantitative estimate of drug-likeness (QED) is 0.482. The minimum absolute atomic E-state index is 0.215. The first kappa shape index (κ1) is 20.2. The van der Waals surface area contributed by atoms with Crippen LogP contribution in [0.15, 0.2) is 24.2 Å². The van der Waals surface area contributed by atoms with Gasteiger partial charge in [0.05, 0.1) is 17.3 Å². The number of amides is 1. The van der Waals surface area contributed by atoms with Crippen molar-refractivity contribution in [3.05, 3.63) is 24.2 Å². The molecule has 0 bridgehead atoms. The highest BCUT2D eigenvalue weighted by atomic mass is 31.1. The van der Waals surface area contributed by atoms with E-state index in [4.69, 9.17) is 9.26 Å². The number of nitrogens with zero attached hydrogens (tertiary/aromatic N) is 1. The summed E-state index contributed by atoms with van der Waals surface area (Å²) in [6.45, 7) is 7.37. The third kappa shape index (κ3) is 4.16. The molecule has 0 saturated carbocycles. The molecule has 0 spiro atoms. The van der Waals surface area contributed by atoms with E-state index in [1.54, 1.807) is 14.0 Å². The first-order valence-electron chi connectivity index (χ1n) is 8.11. The van der Waals surface area contributed by atoms with Gasteiger partial charge in [0.25, 0.3) is 5.91 Å². The summed E-state index contributed by atoms with van der Waals surface area (Å²) in [7, 11) is -0.615. The Bertz CT molecular complexity index is 609. The van der Waals surface area contributed by atoms with Crippen LogP contribution in [0.5, 0.6) is 0 Å². The van der Waals surface area contributed by atoms with Crippen molar-refractivity contribution in [3.8, 4) is 0 Å². The van der Waals surface area contributed by atoms with Crippen LogP contribution in [0.3, 0.4) is 0 Å². The van der Waals surface area contributed by atoms with Crippen LogP contribution in [0.2, 0.25) is 0 Å². The average molecular weight is 374 g/mol. The lowest BCUT2D eigenvalue weighted by Gasteiger charge is -2.32. The van der Waals surface area contributed by atoms with Gasteiger partial charge in [-0.1, -0.05) is 19.8 Å². The Labute approximate surface area is 148 Å². The van der Waals surface area contributed by atoms with E-state index < -0.39 is 38.0 Å². The molecule has 2 rings (SSSR count). The molecule has 0 aromatic rings. The molecule has 8 nitrogen and oxygen atoms in total. The zero-order valence-corrected chi connectivity index (χ0v) is 15.7. The molecule has 9 heteroatoms. The van der Waals surface area contributed by atoms with Gasteiger partial charge in [-0.15, -0.1) is 0 Å². The number of carbonyl (C=O) groups is 1. The highest BCUT2D eigenvalue weighted by Crippen LogP contribution is 2.37. The molecule has 1 amide bonds. The van der Waals surface area contributed by atoms with Gasteiger partial charge in [0.1, 0.15) is 32.1 Å². The number of aliphatic hydroxyl groups is 2. The van der Waals surface area contributed by atoms with Gasteiger partial charge in [-0.3, -0.25) is 9.69 Å². The SMILES string of the molecule is C=C1NC=C(C2O[C@H](CC(C)(CC)O[PH](=C)O)[C@@H](O)[C@H]2O)C(=O)N1C. The van der Waals surface area contributed by atoms with Crippen LogP contribution in [0.25, 0.3) is 0 Å². The largest absolute Gasteiger partial charge is 0.388 e. The van der Waals surface area contributed by atoms with Gasteiger partial charge in [-0.05, 0) is 13.3 Å². The lowest BCUT2D eigenvalue weighted by molar-refractivity contribution is -0.127. The second-order valence-corrected chi connectivity index (χ2v) is 7.63. The van der Waals surface area contributed by atoms with Gasteiger partial charge in [-0.25, -0.2) is 0 Å². The Morgan fingerprint density at radius 2 is 2.12 bits per heavy atom. The molecule has 6 atom stereocenters. The van der Waals surface area contributed by atoms with Gasteiger partial charge in [0.2, 0.25) is 0 Å². The molecule has 2 aliphatic heterocycles. The number of aliphatic hydroxyl groups excluding tert-OH is 2. The lowest BCUT2D eigenvalue weighted by atomic mass is 9.92. The number of hydrogen-bond acceptors (Lipinski definition) is 7. The number of carbonyl (C=O) groups excluding carboxylic acids is 1. The summed E-state index contributed by atoms with van der Waals surface area (Å²) in [6, 6.07) is 0. The third-order valence-electron chi connectivity index (χ3n) is 4.76. The Hall–Kier alpha value is -1.15. The number of rotatable bonds is 6. The van der Waals surface area contributed by atoms with Gasteiger partial charge in [0.15, 0.2) is 0 Å². The smallest absolute Gasteiger partial charge is 0.259 e. The molecule has 0 aromatic heterocycles. The van der Waals surface area contributed by atoms with Crippen molar-refractivity contribution in [1.82, 2.24) is 10.2 Å². The number of likely N-dealkylation sites (N-methyl/N-ethyl adjacent to an activating group) is 1. The van der Waals surface area contributed by atoms with E-state index in [0.717, 1.165) is 0 Å². The summed E-state index contributed by atoms with van der Waals surface area (Å²) in [5.41, 5.74) is -0.536. The maximum Gasteiger partial charge on any atom is 0.259 e. The summed E-state index contributed by atoms with van der Waals surface area (Å²) >= 11 is 0. The van der Waals surface area contributed by atoms with E-state index in [1.807, 2.05) is 6.92 Å². The Morgan fingerprint density at radius 1 is 1.48 bits per heavy atom. The van der Waals surface area contributed by atoms with E-state index in [1.165, 1.54) is 11.1 Å². The fourth-order valence-corrected chi connectivity index (χ4v) is 3.78. The molecule has 3 unspecified atom stereocenters. The fraction of sp³-hybridized carbons (Fsp3) is 0.625. The molecule has 2 heterocycles. The lowest BCUT2D eigenvalue weighted by Crippen LogP contribution is -2.43. The Balaban J connectivity index is 2.17. The molecule has 2 aliphatic rings. The summed E-state index contributed by atoms with van der Waals surface area (Å²) in [5.74, 6) is 0.0622. The van der Waals surface area contributed by atoms with Crippen molar-refractivity contribution >= 4 is 20.2 Å². The topological polar surface area (TPSA) is 111 Å². The van der Waals surface area contributed by atoms with Crippen LogP contribution < -0.4 is 5.32 Å². The molecular formula is C16H27N2O6P. The van der Waals surface area contributed by atoms with Crippen LogP contribution in [0.4, 0.5) is 0 Å². The monoisotopic (exact) mass is 374 g/mol. The number of hydrogen-bond donors (Lipinski definition) is 4. The average Bonchev–Trinajstić information content (AvgIpc) is 2.80. The second-order valence-electron chi connectivity index (χ2n) is 6.63. The summed E-state index contributed by atoms with van der Waals surface area (Å²) in [4.78, 5) is 23.2. The van der Waals surface area contributed by atoms with Crippen molar-refractivity contribution < 1.29 is 29.2 Å². The first-order chi connectivity index (χ1) is 11.6. The van der Waals surface area contributed by atoms with Gasteiger partial charge < -0.3 is 29.7 Å². The van der Waals surface area contributed by atoms with Crippen molar-refractivity contribution in [2.24, 2.45) is 0 Å². The maximum atomic E-state index is 12.4. The minimum atomic E-state index is -2.17. The predicted molar refractivity (Wildman–Crippen MR) is 95.9 cm³/mol. The second kappa shape index (κ2) is 7.61. The van der Waals surface area contributed by atoms with Crippen molar-refractivity contribution in [1.29, 1.82) is 0 Å². The van der Waals surface area contributed by atoms with E-state index in [2.05, 4.69) is 18.2 Å². The summed E-state index contributed by atoms with van der Waals surface area (Å²) in [6.07, 6.45) is 1.63. The zero-order chi connectivity index (χ0) is 18.9. The number of ether oxygens (including phenoxy) is 1. The first-order valence-corrected chi connectivity index (χ1v) is 9.68. The van der Waals surface area contributed by atoms with E-state index in [9.17, 15) is 19.9 Å². The Kier molecular flexibility index (Phi) is 6.14. The molecule has 1 saturated heterocycles. The molecule has 0 aliphatic carbocycles. The predicted octanol–water partition coefficient (Wildman–Crippen LogP) is -0.0638. The Morgan fingerprint density at radius 3 is 2.68 bits per heavy atom. The summed E-state index contributed by atoms with van der Waals surface area (Å²) in [5, 5.41) is 23.6. The van der Waals surface area contributed by atoms with Crippen LogP contribution in [-0.4, -0.2) is 69.3 Å².